The van der Waals surface area contributed by atoms with E-state index in [2.05, 4.69) is 165 Å². The maximum atomic E-state index is 12.6. The van der Waals surface area contributed by atoms with E-state index >= 15 is 0 Å². The Bertz CT molecular complexity index is 3840. The van der Waals surface area contributed by atoms with Gasteiger partial charge in [-0.3, -0.25) is 0 Å². The van der Waals surface area contributed by atoms with E-state index in [0.717, 1.165) is 58.7 Å². The van der Waals surface area contributed by atoms with Crippen LogP contribution < -0.4 is 0 Å². The van der Waals surface area contributed by atoms with Gasteiger partial charge in [0.25, 0.3) is 0 Å². The normalized spacial score (nSPS) is 9.57. The molecule has 0 heterocycles. The molecule has 0 aliphatic rings. The number of hydrogen-bond acceptors (Lipinski definition) is 3. The Hall–Kier alpha value is -9.96. The summed E-state index contributed by atoms with van der Waals surface area (Å²) < 4.78 is 111. The summed E-state index contributed by atoms with van der Waals surface area (Å²) in [4.78, 5) is 0. The molecule has 10 aromatic carbocycles. The molecule has 0 atom stereocenters. The van der Waals surface area contributed by atoms with Crippen LogP contribution >= 0.6 is 0 Å². The van der Waals surface area contributed by atoms with Crippen LogP contribution in [0.1, 0.15) is 139 Å². The number of aryl methyl sites for hydroxylation is 18. The number of nitriles is 3. The summed E-state index contributed by atoms with van der Waals surface area (Å²) in [5, 5.41) is 25.0. The second kappa shape index (κ2) is 42.5. The van der Waals surface area contributed by atoms with E-state index in [-0.39, 0.29) is 11.4 Å². The molecule has 3 nitrogen and oxygen atoms in total. The van der Waals surface area contributed by atoms with Crippen molar-refractivity contribution >= 4 is 0 Å². The summed E-state index contributed by atoms with van der Waals surface area (Å²) in [6.45, 7) is 45.0. The molecular formula is C85H92F9N3. The van der Waals surface area contributed by atoms with Crippen LogP contribution in [0.5, 0.6) is 0 Å². The van der Waals surface area contributed by atoms with Crippen molar-refractivity contribution in [2.24, 2.45) is 0 Å². The first kappa shape index (κ1) is 85.1. The standard InChI is InChI=1S/4C10H14.C8H5F2N.C8H6FN.C8H7N.C7H5F3.C7H6F2.C7H7F/c4*1-7-5-8(2)10(4)9(3)6-7;1-5-2-7(9)6(4-11)8(10)3-5;1-6-2-3-7(5-10)8(9)4-6;1-7-2-4-8(6-9)5-3-7;1-4-2-5(8)7(10)6(9)3-4;1-5-2-3-6(8)7(9)4-5;1-6-2-4-7(8)5-3-6/h4*5-6H,1-4H3;2-3H,1H3;2-4H,1H3;2-5H,1H3;2-3H,1H3;2-4H,1H3;2-5H,1H3. The Balaban J connectivity index is 0.000000539. The van der Waals surface area contributed by atoms with Crippen molar-refractivity contribution in [2.45, 2.75) is 152 Å². The lowest BCUT2D eigenvalue weighted by atomic mass is 10.0. The van der Waals surface area contributed by atoms with Crippen molar-refractivity contribution in [3.63, 3.8) is 0 Å². The molecule has 0 radical (unpaired) electrons. The molecule has 97 heavy (non-hydrogen) atoms. The topological polar surface area (TPSA) is 71.4 Å². The molecule has 0 aliphatic carbocycles. The predicted octanol–water partition coefficient (Wildman–Crippen LogP) is 24.5. The number of rotatable bonds is 0. The van der Waals surface area contributed by atoms with Gasteiger partial charge < -0.3 is 0 Å². The van der Waals surface area contributed by atoms with Gasteiger partial charge in [0, 0.05) is 0 Å². The summed E-state index contributed by atoms with van der Waals surface area (Å²) in [5.41, 5.74) is 27.3. The Morgan fingerprint density at radius 3 is 0.732 bits per heavy atom. The first-order valence-electron chi connectivity index (χ1n) is 31.2. The van der Waals surface area contributed by atoms with Gasteiger partial charge in [-0.2, -0.15) is 15.8 Å². The van der Waals surface area contributed by atoms with Crippen LogP contribution in [0.15, 0.2) is 158 Å². The average molecular weight is 1330 g/mol. The Morgan fingerprint density at radius 2 is 0.474 bits per heavy atom. The number of benzene rings is 10. The van der Waals surface area contributed by atoms with Gasteiger partial charge in [-0.15, -0.1) is 0 Å². The molecule has 10 rings (SSSR count). The zero-order valence-corrected chi connectivity index (χ0v) is 60.3. The lowest BCUT2D eigenvalue weighted by Gasteiger charge is -2.04. The molecule has 0 saturated carbocycles. The van der Waals surface area contributed by atoms with Gasteiger partial charge in [-0.25, -0.2) is 39.5 Å². The van der Waals surface area contributed by atoms with Crippen LogP contribution in [0.25, 0.3) is 0 Å². The summed E-state index contributed by atoms with van der Waals surface area (Å²) in [5.74, 6) is -7.48. The van der Waals surface area contributed by atoms with Gasteiger partial charge in [0.05, 0.1) is 17.2 Å². The molecule has 0 N–H and O–H groups in total. The van der Waals surface area contributed by atoms with E-state index in [9.17, 15) is 39.5 Å². The molecule has 12 heteroatoms. The first-order chi connectivity index (χ1) is 45.2. The molecule has 10 aromatic rings. The Morgan fingerprint density at radius 1 is 0.216 bits per heavy atom. The van der Waals surface area contributed by atoms with Crippen molar-refractivity contribution in [1.82, 2.24) is 0 Å². The molecule has 0 aliphatic heterocycles. The van der Waals surface area contributed by atoms with Crippen LogP contribution in [0.4, 0.5) is 39.5 Å². The summed E-state index contributed by atoms with van der Waals surface area (Å²) >= 11 is 0. The van der Waals surface area contributed by atoms with Crippen molar-refractivity contribution in [3.05, 3.63) is 349 Å². The van der Waals surface area contributed by atoms with Gasteiger partial charge in [0.15, 0.2) is 29.1 Å². The van der Waals surface area contributed by atoms with Crippen LogP contribution in [0.2, 0.25) is 0 Å². The smallest absolute Gasteiger partial charge is 0.194 e. The highest BCUT2D eigenvalue weighted by Gasteiger charge is 2.09. The predicted molar refractivity (Wildman–Crippen MR) is 382 cm³/mol. The Kier molecular flexibility index (Phi) is 37.2. The maximum Gasteiger partial charge on any atom is 0.194 e. The lowest BCUT2D eigenvalue weighted by molar-refractivity contribution is 0.446. The van der Waals surface area contributed by atoms with Gasteiger partial charge in [-0.1, -0.05) is 118 Å². The van der Waals surface area contributed by atoms with E-state index in [1.807, 2.05) is 38.1 Å². The molecule has 510 valence electrons. The highest BCUT2D eigenvalue weighted by atomic mass is 19.2. The highest BCUT2D eigenvalue weighted by Crippen LogP contribution is 2.19. The Labute approximate surface area is 572 Å². The van der Waals surface area contributed by atoms with Gasteiger partial charge >= 0.3 is 0 Å². The lowest BCUT2D eigenvalue weighted by Crippen LogP contribution is -1.90. The van der Waals surface area contributed by atoms with E-state index in [4.69, 9.17) is 15.8 Å². The van der Waals surface area contributed by atoms with E-state index in [0.29, 0.717) is 11.1 Å². The van der Waals surface area contributed by atoms with Crippen molar-refractivity contribution in [1.29, 1.82) is 15.8 Å². The van der Waals surface area contributed by atoms with Crippen LogP contribution in [-0.4, -0.2) is 0 Å². The molecule has 0 unspecified atom stereocenters. The number of nitrogens with zero attached hydrogens (tertiary/aromatic N) is 3. The highest BCUT2D eigenvalue weighted by molar-refractivity contribution is 5.40. The largest absolute Gasteiger partial charge is 0.207 e. The second-order valence-corrected chi connectivity index (χ2v) is 24.1. The van der Waals surface area contributed by atoms with Crippen LogP contribution in [0, 0.1) is 239 Å². The zero-order chi connectivity index (χ0) is 74.1. The van der Waals surface area contributed by atoms with Gasteiger partial charge in [0.1, 0.15) is 41.0 Å². The SMILES string of the molecule is Cc1cc(C)c(C)c(C)c1.Cc1cc(C)c(C)c(C)c1.Cc1cc(C)c(C)c(C)c1.Cc1cc(C)c(C)c(C)c1.Cc1cc(F)c(C#N)c(F)c1.Cc1cc(F)c(F)c(F)c1.Cc1ccc(C#N)c(F)c1.Cc1ccc(C#N)cc1.Cc1ccc(F)c(F)c1.Cc1ccc(F)cc1. The fourth-order valence-electron chi connectivity index (χ4n) is 8.97. The van der Waals surface area contributed by atoms with E-state index in [1.54, 1.807) is 45.0 Å². The fourth-order valence-corrected chi connectivity index (χ4v) is 8.97. The van der Waals surface area contributed by atoms with Crippen LogP contribution in [0.3, 0.4) is 0 Å². The third kappa shape index (κ3) is 31.9. The van der Waals surface area contributed by atoms with Gasteiger partial charge in [-0.05, 0) is 314 Å². The fraction of sp³-hybridized carbons (Fsp3) is 0.259. The number of halogens is 9. The summed E-state index contributed by atoms with van der Waals surface area (Å²) in [7, 11) is 0. The average Bonchev–Trinajstić information content (AvgIpc) is 1.39. The quantitative estimate of drug-likeness (QED) is 0.112. The zero-order valence-electron chi connectivity index (χ0n) is 60.3. The van der Waals surface area contributed by atoms with Gasteiger partial charge in [0.2, 0.25) is 0 Å². The van der Waals surface area contributed by atoms with Crippen LogP contribution in [-0.2, 0) is 0 Å². The molecule has 0 aromatic heterocycles. The second-order valence-electron chi connectivity index (χ2n) is 24.1. The molecule has 0 spiro atoms. The minimum Gasteiger partial charge on any atom is -0.207 e. The van der Waals surface area contributed by atoms with Crippen molar-refractivity contribution < 1.29 is 39.5 Å². The number of hydrogen-bond donors (Lipinski definition) is 0. The molecule has 0 saturated heterocycles. The third-order valence-corrected chi connectivity index (χ3v) is 15.2. The molecule has 0 fully saturated rings. The summed E-state index contributed by atoms with van der Waals surface area (Å²) in [6, 6.07) is 49.4. The monoisotopic (exact) mass is 1330 g/mol. The summed E-state index contributed by atoms with van der Waals surface area (Å²) in [6.07, 6.45) is 0. The molecular weight excluding hydrogens is 1230 g/mol. The molecule has 0 bridgehead atoms. The third-order valence-electron chi connectivity index (χ3n) is 15.2. The van der Waals surface area contributed by atoms with E-state index in [1.165, 1.54) is 138 Å². The molecule has 0 amide bonds. The first-order valence-corrected chi connectivity index (χ1v) is 31.2. The van der Waals surface area contributed by atoms with E-state index < -0.39 is 52.1 Å². The minimum absolute atomic E-state index is 0.102. The minimum atomic E-state index is -1.41. The van der Waals surface area contributed by atoms with Crippen molar-refractivity contribution in [3.8, 4) is 18.2 Å². The van der Waals surface area contributed by atoms with Crippen molar-refractivity contribution in [2.75, 3.05) is 0 Å². The maximum absolute atomic E-state index is 12.6.